The molecule has 4 aromatic rings. The SMILES string of the molecule is Cc1ccccc1/C(C#N)=C1\C=CS\C1=N/OS(=O)(=O)c1c2ccccc2cc2ccccc12. The molecule has 166 valence electrons. The van der Waals surface area contributed by atoms with E-state index >= 15 is 0 Å². The fourth-order valence-electron chi connectivity index (χ4n) is 4.04. The molecular formula is C27H18N2O3S2. The van der Waals surface area contributed by atoms with E-state index in [2.05, 4.69) is 11.2 Å². The molecule has 0 atom stereocenters. The minimum absolute atomic E-state index is 0.0754. The third kappa shape index (κ3) is 3.87. The van der Waals surface area contributed by atoms with Crippen molar-refractivity contribution in [2.45, 2.75) is 11.8 Å². The number of hydrogen-bond donors (Lipinski definition) is 0. The Morgan fingerprint density at radius 1 is 0.941 bits per heavy atom. The van der Waals surface area contributed by atoms with Gasteiger partial charge < -0.3 is 0 Å². The molecule has 0 saturated heterocycles. The van der Waals surface area contributed by atoms with Crippen LogP contribution in [0.2, 0.25) is 0 Å². The second-order valence-electron chi connectivity index (χ2n) is 7.71. The lowest BCUT2D eigenvalue weighted by atomic mass is 9.97. The molecule has 0 radical (unpaired) electrons. The molecule has 0 aromatic heterocycles. The maximum absolute atomic E-state index is 13.4. The summed E-state index contributed by atoms with van der Waals surface area (Å²) in [6, 6.07) is 26.3. The second-order valence-corrected chi connectivity index (χ2v) is 10.1. The van der Waals surface area contributed by atoms with Crippen molar-refractivity contribution in [3.8, 4) is 6.07 Å². The topological polar surface area (TPSA) is 79.5 Å². The molecule has 0 saturated carbocycles. The van der Waals surface area contributed by atoms with Gasteiger partial charge in [-0.05, 0) is 46.4 Å². The molecule has 0 N–H and O–H groups in total. The molecule has 7 heteroatoms. The molecule has 5 rings (SSSR count). The van der Waals surface area contributed by atoms with Crippen molar-refractivity contribution in [1.82, 2.24) is 0 Å². The first-order valence-electron chi connectivity index (χ1n) is 10.5. The molecular weight excluding hydrogens is 464 g/mol. The number of rotatable bonds is 4. The number of thioether (sulfide) groups is 1. The largest absolute Gasteiger partial charge is 0.359 e. The van der Waals surface area contributed by atoms with Crippen LogP contribution in [0.15, 0.2) is 106 Å². The molecule has 0 bridgehead atoms. The van der Waals surface area contributed by atoms with Crippen LogP contribution in [0.5, 0.6) is 0 Å². The Bertz CT molecular complexity index is 1640. The van der Waals surface area contributed by atoms with Gasteiger partial charge in [0.25, 0.3) is 0 Å². The summed E-state index contributed by atoms with van der Waals surface area (Å²) in [5.74, 6) is 0. The molecule has 1 aliphatic heterocycles. The average Bonchev–Trinajstić information content (AvgIpc) is 3.31. The van der Waals surface area contributed by atoms with Crippen molar-refractivity contribution in [3.63, 3.8) is 0 Å². The highest BCUT2D eigenvalue weighted by atomic mass is 32.2. The van der Waals surface area contributed by atoms with Gasteiger partial charge in [0.15, 0.2) is 0 Å². The van der Waals surface area contributed by atoms with Crippen LogP contribution < -0.4 is 0 Å². The highest BCUT2D eigenvalue weighted by Gasteiger charge is 2.25. The van der Waals surface area contributed by atoms with E-state index in [9.17, 15) is 13.7 Å². The lowest BCUT2D eigenvalue weighted by Crippen LogP contribution is -2.07. The van der Waals surface area contributed by atoms with Crippen molar-refractivity contribution >= 4 is 54.0 Å². The van der Waals surface area contributed by atoms with Gasteiger partial charge in [-0.25, -0.2) is 0 Å². The predicted octanol–water partition coefficient (Wildman–Crippen LogP) is 6.56. The lowest BCUT2D eigenvalue weighted by Gasteiger charge is -2.11. The van der Waals surface area contributed by atoms with Gasteiger partial charge >= 0.3 is 10.1 Å². The summed E-state index contributed by atoms with van der Waals surface area (Å²) in [5.41, 5.74) is 2.64. The molecule has 34 heavy (non-hydrogen) atoms. The number of hydrogen-bond acceptors (Lipinski definition) is 6. The number of aryl methyl sites for hydroxylation is 1. The molecule has 1 heterocycles. The standard InChI is InChI=1S/C27H18N2O3S2/c1-18-8-2-5-11-21(18)25(17-28)24-14-15-33-27(24)29-32-34(30,31)26-22-12-6-3-9-19(22)16-20-10-4-7-13-23(20)26/h2-16H,1H3/b25-24+,29-27-. The predicted molar refractivity (Wildman–Crippen MR) is 138 cm³/mol. The lowest BCUT2D eigenvalue weighted by molar-refractivity contribution is 0.341. The normalized spacial score (nSPS) is 16.2. The summed E-state index contributed by atoms with van der Waals surface area (Å²) in [4.78, 5) is 0.0754. The van der Waals surface area contributed by atoms with Crippen LogP contribution in [0, 0.1) is 18.3 Å². The molecule has 0 spiro atoms. The Hall–Kier alpha value is -3.86. The van der Waals surface area contributed by atoms with E-state index in [4.69, 9.17) is 4.28 Å². The van der Waals surface area contributed by atoms with Gasteiger partial charge in [-0.3, -0.25) is 4.28 Å². The van der Waals surface area contributed by atoms with Gasteiger partial charge in [-0.2, -0.15) is 13.7 Å². The van der Waals surface area contributed by atoms with Crippen molar-refractivity contribution in [2.24, 2.45) is 5.16 Å². The van der Waals surface area contributed by atoms with Crippen LogP contribution in [0.25, 0.3) is 27.1 Å². The smallest absolute Gasteiger partial charge is 0.264 e. The minimum atomic E-state index is -4.26. The number of benzene rings is 4. The van der Waals surface area contributed by atoms with Gasteiger partial charge in [-0.1, -0.05) is 89.7 Å². The number of nitriles is 1. The first-order chi connectivity index (χ1) is 16.5. The zero-order valence-electron chi connectivity index (χ0n) is 18.1. The summed E-state index contributed by atoms with van der Waals surface area (Å²) >= 11 is 1.21. The van der Waals surface area contributed by atoms with Gasteiger partial charge in [-0.15, -0.1) is 0 Å². The second kappa shape index (κ2) is 8.82. The van der Waals surface area contributed by atoms with E-state index in [-0.39, 0.29) is 4.90 Å². The Balaban J connectivity index is 1.62. The maximum atomic E-state index is 13.4. The number of nitrogens with zero attached hydrogens (tertiary/aromatic N) is 2. The first-order valence-corrected chi connectivity index (χ1v) is 12.7. The number of fused-ring (bicyclic) bond motifs is 2. The van der Waals surface area contributed by atoms with Crippen molar-refractivity contribution in [2.75, 3.05) is 0 Å². The Morgan fingerprint density at radius 3 is 2.21 bits per heavy atom. The first kappa shape index (κ1) is 22.0. The summed E-state index contributed by atoms with van der Waals surface area (Å²) in [5, 5.41) is 18.6. The van der Waals surface area contributed by atoms with Gasteiger partial charge in [0.1, 0.15) is 16.0 Å². The monoisotopic (exact) mass is 482 g/mol. The van der Waals surface area contributed by atoms with E-state index in [1.54, 1.807) is 35.7 Å². The molecule has 5 nitrogen and oxygen atoms in total. The van der Waals surface area contributed by atoms with E-state index in [1.165, 1.54) is 11.8 Å². The van der Waals surface area contributed by atoms with Gasteiger partial charge in [0.05, 0.1) is 5.57 Å². The quantitative estimate of drug-likeness (QED) is 0.187. The van der Waals surface area contributed by atoms with Crippen molar-refractivity contribution < 1.29 is 12.7 Å². The summed E-state index contributed by atoms with van der Waals surface area (Å²) in [7, 11) is -4.26. The molecule has 0 fully saturated rings. The zero-order chi connectivity index (χ0) is 23.7. The zero-order valence-corrected chi connectivity index (χ0v) is 19.7. The van der Waals surface area contributed by atoms with Crippen LogP contribution in [0.3, 0.4) is 0 Å². The van der Waals surface area contributed by atoms with Gasteiger partial charge in [0, 0.05) is 16.3 Å². The Kier molecular flexibility index (Phi) is 5.70. The van der Waals surface area contributed by atoms with Crippen molar-refractivity contribution in [1.29, 1.82) is 5.26 Å². The third-order valence-electron chi connectivity index (χ3n) is 5.63. The van der Waals surface area contributed by atoms with Crippen LogP contribution in [0.4, 0.5) is 0 Å². The fourth-order valence-corrected chi connectivity index (χ4v) is 5.96. The van der Waals surface area contributed by atoms with Crippen LogP contribution >= 0.6 is 11.8 Å². The molecule has 0 amide bonds. The molecule has 4 aromatic carbocycles. The maximum Gasteiger partial charge on any atom is 0.359 e. The summed E-state index contributed by atoms with van der Waals surface area (Å²) in [6.07, 6.45) is 1.75. The van der Waals surface area contributed by atoms with E-state index in [0.717, 1.165) is 21.9 Å². The van der Waals surface area contributed by atoms with Gasteiger partial charge in [0.2, 0.25) is 0 Å². The average molecular weight is 483 g/mol. The van der Waals surface area contributed by atoms with Crippen molar-refractivity contribution in [3.05, 3.63) is 107 Å². The Labute approximate surface area is 201 Å². The van der Waals surface area contributed by atoms with Crippen LogP contribution in [-0.4, -0.2) is 13.5 Å². The minimum Gasteiger partial charge on any atom is -0.264 e. The highest BCUT2D eigenvalue weighted by Crippen LogP contribution is 2.35. The van der Waals surface area contributed by atoms with Crippen LogP contribution in [-0.2, 0) is 14.4 Å². The molecule has 0 aliphatic carbocycles. The summed E-state index contributed by atoms with van der Waals surface area (Å²) < 4.78 is 32.2. The Morgan fingerprint density at radius 2 is 1.56 bits per heavy atom. The fraction of sp³-hybridized carbons (Fsp3) is 0.0370. The highest BCUT2D eigenvalue weighted by molar-refractivity contribution is 8.17. The third-order valence-corrected chi connectivity index (χ3v) is 7.63. The van der Waals surface area contributed by atoms with E-state index in [0.29, 0.717) is 27.0 Å². The number of oxime groups is 1. The van der Waals surface area contributed by atoms with E-state index < -0.39 is 10.1 Å². The molecule has 1 aliphatic rings. The summed E-state index contributed by atoms with van der Waals surface area (Å²) in [6.45, 7) is 1.92. The number of allylic oxidation sites excluding steroid dienone is 2. The van der Waals surface area contributed by atoms with E-state index in [1.807, 2.05) is 61.5 Å². The molecule has 0 unspecified atom stereocenters. The van der Waals surface area contributed by atoms with Crippen LogP contribution in [0.1, 0.15) is 11.1 Å².